The first-order chi connectivity index (χ1) is 11.5. The molecule has 0 radical (unpaired) electrons. The number of hydrogen-bond donors (Lipinski definition) is 2. The minimum absolute atomic E-state index is 0.0893. The van der Waals surface area contributed by atoms with Gasteiger partial charge in [0.05, 0.1) is 0 Å². The van der Waals surface area contributed by atoms with E-state index in [1.54, 1.807) is 11.9 Å². The molecule has 132 valence electrons. The lowest BCUT2D eigenvalue weighted by molar-refractivity contribution is -0.124. The molecule has 0 unspecified atom stereocenters. The summed E-state index contributed by atoms with van der Waals surface area (Å²) in [6.07, 6.45) is 3.53. The summed E-state index contributed by atoms with van der Waals surface area (Å²) in [5.74, 6) is 0.235. The molecule has 1 aliphatic heterocycles. The molecule has 2 N–H and O–H groups in total. The third-order valence-electron chi connectivity index (χ3n) is 4.62. The fourth-order valence-corrected chi connectivity index (χ4v) is 3.36. The minimum atomic E-state index is -0.365. The normalized spacial score (nSPS) is 17.2. The number of likely N-dealkylation sites (tertiary alicyclic amines) is 1. The molecule has 1 aliphatic rings. The lowest BCUT2D eigenvalue weighted by Gasteiger charge is -2.26. The first kappa shape index (κ1) is 18.3. The number of para-hydroxylation sites is 1. The van der Waals surface area contributed by atoms with Crippen molar-refractivity contribution >= 4 is 17.6 Å². The van der Waals surface area contributed by atoms with Gasteiger partial charge in [0.1, 0.15) is 6.04 Å². The lowest BCUT2D eigenvalue weighted by Crippen LogP contribution is -2.46. The Labute approximate surface area is 144 Å². The van der Waals surface area contributed by atoms with E-state index in [-0.39, 0.29) is 18.0 Å². The molecule has 1 atom stereocenters. The predicted octanol–water partition coefficient (Wildman–Crippen LogP) is 3.50. The molecule has 1 heterocycles. The SMILES string of the molecule is CCCc1cccc(C(C)C)c1NC(=O)N1CCC[C@H]1C(=O)NC. The van der Waals surface area contributed by atoms with Crippen LogP contribution in [0.3, 0.4) is 0 Å². The van der Waals surface area contributed by atoms with Crippen molar-refractivity contribution in [1.82, 2.24) is 10.2 Å². The van der Waals surface area contributed by atoms with E-state index in [4.69, 9.17) is 0 Å². The van der Waals surface area contributed by atoms with Crippen molar-refractivity contribution in [3.63, 3.8) is 0 Å². The van der Waals surface area contributed by atoms with Gasteiger partial charge < -0.3 is 15.5 Å². The Hall–Kier alpha value is -2.04. The standard InChI is InChI=1S/C19H29N3O2/c1-5-8-14-9-6-10-15(13(2)3)17(14)21-19(24)22-12-7-11-16(22)18(23)20-4/h6,9-10,13,16H,5,7-8,11-12H2,1-4H3,(H,20,23)(H,21,24)/t16-/m0/s1. The van der Waals surface area contributed by atoms with Crippen LogP contribution in [-0.4, -0.2) is 36.5 Å². The molecule has 1 saturated heterocycles. The van der Waals surface area contributed by atoms with E-state index in [2.05, 4.69) is 49.6 Å². The van der Waals surface area contributed by atoms with Crippen LogP contribution in [0.25, 0.3) is 0 Å². The smallest absolute Gasteiger partial charge is 0.322 e. The number of likely N-dealkylation sites (N-methyl/N-ethyl adjacent to an activating group) is 1. The van der Waals surface area contributed by atoms with Gasteiger partial charge >= 0.3 is 6.03 Å². The molecule has 1 aromatic rings. The molecule has 1 fully saturated rings. The van der Waals surface area contributed by atoms with Gasteiger partial charge in [0.25, 0.3) is 0 Å². The zero-order valence-electron chi connectivity index (χ0n) is 15.2. The van der Waals surface area contributed by atoms with Crippen molar-refractivity contribution in [1.29, 1.82) is 0 Å². The highest BCUT2D eigenvalue weighted by Crippen LogP contribution is 2.30. The highest BCUT2D eigenvalue weighted by atomic mass is 16.2. The maximum atomic E-state index is 12.8. The van der Waals surface area contributed by atoms with Crippen LogP contribution in [0, 0.1) is 0 Å². The van der Waals surface area contributed by atoms with Crippen LogP contribution >= 0.6 is 0 Å². The number of nitrogens with one attached hydrogen (secondary N) is 2. The average Bonchev–Trinajstić information content (AvgIpc) is 3.05. The summed E-state index contributed by atoms with van der Waals surface area (Å²) in [6, 6.07) is 5.66. The number of amides is 3. The highest BCUT2D eigenvalue weighted by Gasteiger charge is 2.34. The Morgan fingerprint density at radius 3 is 2.71 bits per heavy atom. The van der Waals surface area contributed by atoms with Crippen LogP contribution in [0.15, 0.2) is 18.2 Å². The maximum absolute atomic E-state index is 12.8. The van der Waals surface area contributed by atoms with Crippen LogP contribution in [0.1, 0.15) is 57.1 Å². The number of urea groups is 1. The van der Waals surface area contributed by atoms with Gasteiger partial charge in [-0.1, -0.05) is 45.4 Å². The quantitative estimate of drug-likeness (QED) is 0.867. The van der Waals surface area contributed by atoms with Gasteiger partial charge in [0, 0.05) is 19.3 Å². The fraction of sp³-hybridized carbons (Fsp3) is 0.579. The Bertz CT molecular complexity index is 598. The van der Waals surface area contributed by atoms with Crippen LogP contribution in [0.5, 0.6) is 0 Å². The van der Waals surface area contributed by atoms with E-state index < -0.39 is 0 Å². The van der Waals surface area contributed by atoms with Crippen molar-refractivity contribution < 1.29 is 9.59 Å². The first-order valence-corrected chi connectivity index (χ1v) is 8.90. The third kappa shape index (κ3) is 3.89. The molecule has 1 aromatic carbocycles. The van der Waals surface area contributed by atoms with Gasteiger partial charge in [-0.2, -0.15) is 0 Å². The monoisotopic (exact) mass is 331 g/mol. The number of anilines is 1. The summed E-state index contributed by atoms with van der Waals surface area (Å²) >= 11 is 0. The summed E-state index contributed by atoms with van der Waals surface area (Å²) < 4.78 is 0. The fourth-order valence-electron chi connectivity index (χ4n) is 3.36. The lowest BCUT2D eigenvalue weighted by atomic mass is 9.96. The molecule has 5 heteroatoms. The molecule has 5 nitrogen and oxygen atoms in total. The molecule has 0 saturated carbocycles. The minimum Gasteiger partial charge on any atom is -0.357 e. The summed E-state index contributed by atoms with van der Waals surface area (Å²) in [7, 11) is 1.62. The Kier molecular flexibility index (Phi) is 6.23. The zero-order valence-corrected chi connectivity index (χ0v) is 15.2. The van der Waals surface area contributed by atoms with Gasteiger partial charge in [0.2, 0.25) is 5.91 Å². The Morgan fingerprint density at radius 1 is 1.33 bits per heavy atom. The van der Waals surface area contributed by atoms with Crippen molar-refractivity contribution in [2.45, 2.75) is 58.4 Å². The van der Waals surface area contributed by atoms with Crippen molar-refractivity contribution in [2.24, 2.45) is 0 Å². The first-order valence-electron chi connectivity index (χ1n) is 8.90. The van der Waals surface area contributed by atoms with E-state index >= 15 is 0 Å². The van der Waals surface area contributed by atoms with Crippen molar-refractivity contribution in [3.8, 4) is 0 Å². The third-order valence-corrected chi connectivity index (χ3v) is 4.62. The van der Waals surface area contributed by atoms with E-state index in [0.29, 0.717) is 12.5 Å². The average molecular weight is 331 g/mol. The number of aryl methyl sites for hydroxylation is 1. The maximum Gasteiger partial charge on any atom is 0.322 e. The highest BCUT2D eigenvalue weighted by molar-refractivity contribution is 5.95. The topological polar surface area (TPSA) is 61.4 Å². The molecular formula is C19H29N3O2. The van der Waals surface area contributed by atoms with E-state index in [1.165, 1.54) is 0 Å². The Morgan fingerprint density at radius 2 is 2.08 bits per heavy atom. The van der Waals surface area contributed by atoms with Gasteiger partial charge in [-0.15, -0.1) is 0 Å². The second-order valence-electron chi connectivity index (χ2n) is 6.68. The van der Waals surface area contributed by atoms with Crippen LogP contribution in [-0.2, 0) is 11.2 Å². The van der Waals surface area contributed by atoms with Crippen molar-refractivity contribution in [3.05, 3.63) is 29.3 Å². The summed E-state index contributed by atoms with van der Waals surface area (Å²) in [4.78, 5) is 26.5. The second kappa shape index (κ2) is 8.18. The van der Waals surface area contributed by atoms with Gasteiger partial charge in [0.15, 0.2) is 0 Å². The summed E-state index contributed by atoms with van der Waals surface area (Å²) in [5.41, 5.74) is 3.22. The number of benzene rings is 1. The van der Waals surface area contributed by atoms with Crippen LogP contribution < -0.4 is 10.6 Å². The van der Waals surface area contributed by atoms with E-state index in [1.807, 2.05) is 0 Å². The van der Waals surface area contributed by atoms with Gasteiger partial charge in [-0.3, -0.25) is 4.79 Å². The second-order valence-corrected chi connectivity index (χ2v) is 6.68. The number of nitrogens with zero attached hydrogens (tertiary/aromatic N) is 1. The molecule has 0 spiro atoms. The molecule has 0 aromatic heterocycles. The molecule has 0 bridgehead atoms. The van der Waals surface area contributed by atoms with E-state index in [0.717, 1.165) is 42.5 Å². The molecule has 3 amide bonds. The number of carbonyl (C=O) groups excluding carboxylic acids is 2. The molecule has 24 heavy (non-hydrogen) atoms. The number of carbonyl (C=O) groups is 2. The summed E-state index contributed by atoms with van der Waals surface area (Å²) in [5, 5.41) is 5.76. The van der Waals surface area contributed by atoms with Crippen LogP contribution in [0.4, 0.5) is 10.5 Å². The number of hydrogen-bond acceptors (Lipinski definition) is 2. The number of rotatable bonds is 5. The molecule has 2 rings (SSSR count). The van der Waals surface area contributed by atoms with E-state index in [9.17, 15) is 9.59 Å². The van der Waals surface area contributed by atoms with Gasteiger partial charge in [-0.25, -0.2) is 4.79 Å². The zero-order chi connectivity index (χ0) is 17.7. The van der Waals surface area contributed by atoms with Crippen molar-refractivity contribution in [2.75, 3.05) is 18.9 Å². The van der Waals surface area contributed by atoms with Crippen LogP contribution in [0.2, 0.25) is 0 Å². The molecular weight excluding hydrogens is 302 g/mol. The largest absolute Gasteiger partial charge is 0.357 e. The van der Waals surface area contributed by atoms with Gasteiger partial charge in [-0.05, 0) is 36.3 Å². The molecule has 0 aliphatic carbocycles. The summed E-state index contributed by atoms with van der Waals surface area (Å²) in [6.45, 7) is 7.01. The Balaban J connectivity index is 2.26. The predicted molar refractivity (Wildman–Crippen MR) is 97.3 cm³/mol.